The van der Waals surface area contributed by atoms with Crippen LogP contribution in [0.1, 0.15) is 45.6 Å². The van der Waals surface area contributed by atoms with Gasteiger partial charge < -0.3 is 9.52 Å². The van der Waals surface area contributed by atoms with E-state index in [0.717, 1.165) is 17.7 Å². The Kier molecular flexibility index (Phi) is 2.79. The number of aryl methyl sites for hydroxylation is 1. The lowest BCUT2D eigenvalue weighted by Gasteiger charge is -2.01. The van der Waals surface area contributed by atoms with E-state index in [-0.39, 0.29) is 5.56 Å². The molecule has 22 heavy (non-hydrogen) atoms. The van der Waals surface area contributed by atoms with Gasteiger partial charge in [0.2, 0.25) is 0 Å². The number of rotatable bonds is 3. The first-order chi connectivity index (χ1) is 10.6. The summed E-state index contributed by atoms with van der Waals surface area (Å²) >= 11 is 0. The molecule has 1 aliphatic carbocycles. The Morgan fingerprint density at radius 3 is 2.86 bits per heavy atom. The van der Waals surface area contributed by atoms with Crippen LogP contribution in [-0.4, -0.2) is 16.1 Å². The topological polar surface area (TPSA) is 63.3 Å². The van der Waals surface area contributed by atoms with Crippen LogP contribution in [0.15, 0.2) is 47.0 Å². The van der Waals surface area contributed by atoms with Crippen LogP contribution in [-0.2, 0) is 0 Å². The molecule has 1 fully saturated rings. The first-order valence-electron chi connectivity index (χ1n) is 7.32. The Hall–Kier alpha value is -2.62. The summed E-state index contributed by atoms with van der Waals surface area (Å²) in [6.07, 6.45) is 2.87. The predicted molar refractivity (Wildman–Crippen MR) is 82.2 cm³/mol. The summed E-state index contributed by atoms with van der Waals surface area (Å²) in [6, 6.07) is 11.8. The molecular weight excluding hydrogens is 278 g/mol. The molecule has 1 saturated carbocycles. The smallest absolute Gasteiger partial charge is 0.339 e. The number of carboxylic acids is 1. The maximum Gasteiger partial charge on any atom is 0.339 e. The van der Waals surface area contributed by atoms with E-state index < -0.39 is 5.97 Å². The number of carboxylic acid groups (broad SMARTS) is 1. The lowest BCUT2D eigenvalue weighted by molar-refractivity contribution is 0.0697. The summed E-state index contributed by atoms with van der Waals surface area (Å²) in [5, 5.41) is 10.0. The SMILES string of the molecule is Cc1oc2ccc(C3CC3c3ccccn3)cc2c1C(=O)O. The van der Waals surface area contributed by atoms with Gasteiger partial charge in [-0.3, -0.25) is 4.98 Å². The highest BCUT2D eigenvalue weighted by atomic mass is 16.4. The third kappa shape index (κ3) is 1.99. The Morgan fingerprint density at radius 1 is 1.27 bits per heavy atom. The van der Waals surface area contributed by atoms with Crippen LogP contribution in [0.5, 0.6) is 0 Å². The fraction of sp³-hybridized carbons (Fsp3) is 0.222. The average Bonchev–Trinajstić information content (AvgIpc) is 3.23. The second-order valence-corrected chi connectivity index (χ2v) is 5.80. The summed E-state index contributed by atoms with van der Waals surface area (Å²) in [5.74, 6) is 0.360. The molecular formula is C18H15NO3. The number of hydrogen-bond acceptors (Lipinski definition) is 3. The number of fused-ring (bicyclic) bond motifs is 1. The molecule has 2 unspecified atom stereocenters. The molecule has 0 spiro atoms. The largest absolute Gasteiger partial charge is 0.478 e. The molecule has 4 heteroatoms. The molecule has 0 aliphatic heterocycles. The number of benzene rings is 1. The van der Waals surface area contributed by atoms with Crippen molar-refractivity contribution in [3.05, 3.63) is 65.2 Å². The lowest BCUT2D eigenvalue weighted by Crippen LogP contribution is -1.97. The minimum Gasteiger partial charge on any atom is -0.478 e. The van der Waals surface area contributed by atoms with Crippen molar-refractivity contribution in [2.24, 2.45) is 0 Å². The fourth-order valence-electron chi connectivity index (χ4n) is 3.22. The van der Waals surface area contributed by atoms with E-state index in [1.54, 1.807) is 6.92 Å². The number of aromatic nitrogens is 1. The van der Waals surface area contributed by atoms with Gasteiger partial charge in [0.1, 0.15) is 16.9 Å². The van der Waals surface area contributed by atoms with Crippen LogP contribution in [0.25, 0.3) is 11.0 Å². The van der Waals surface area contributed by atoms with Crippen molar-refractivity contribution >= 4 is 16.9 Å². The molecule has 4 nitrogen and oxygen atoms in total. The first-order valence-corrected chi connectivity index (χ1v) is 7.32. The second kappa shape index (κ2) is 4.70. The first kappa shape index (κ1) is 13.1. The highest BCUT2D eigenvalue weighted by Crippen LogP contribution is 2.54. The summed E-state index contributed by atoms with van der Waals surface area (Å²) in [5.41, 5.74) is 3.17. The normalized spacial score (nSPS) is 20.2. The van der Waals surface area contributed by atoms with Crippen molar-refractivity contribution in [3.8, 4) is 0 Å². The van der Waals surface area contributed by atoms with E-state index in [1.165, 1.54) is 0 Å². The van der Waals surface area contributed by atoms with E-state index in [1.807, 2.05) is 42.6 Å². The standard InChI is InChI=1S/C18H15NO3/c1-10-17(18(20)21)14-8-11(5-6-16(14)22-10)12-9-13(12)15-4-2-3-7-19-15/h2-8,12-13H,9H2,1H3,(H,20,21). The molecule has 2 aromatic heterocycles. The van der Waals surface area contributed by atoms with E-state index in [9.17, 15) is 9.90 Å². The van der Waals surface area contributed by atoms with E-state index in [4.69, 9.17) is 4.42 Å². The fourth-order valence-corrected chi connectivity index (χ4v) is 3.22. The zero-order valence-electron chi connectivity index (χ0n) is 12.1. The molecule has 4 rings (SSSR count). The second-order valence-electron chi connectivity index (χ2n) is 5.80. The zero-order valence-corrected chi connectivity index (χ0v) is 12.1. The zero-order chi connectivity index (χ0) is 15.3. The van der Waals surface area contributed by atoms with Crippen LogP contribution in [0.2, 0.25) is 0 Å². The number of nitrogens with zero attached hydrogens (tertiary/aromatic N) is 1. The number of carbonyl (C=O) groups is 1. The Balaban J connectivity index is 1.72. The number of aromatic carboxylic acids is 1. The van der Waals surface area contributed by atoms with Gasteiger partial charge in [0.15, 0.2) is 0 Å². The van der Waals surface area contributed by atoms with Gasteiger partial charge in [0.05, 0.1) is 0 Å². The third-order valence-corrected chi connectivity index (χ3v) is 4.39. The number of hydrogen-bond donors (Lipinski definition) is 1. The predicted octanol–water partition coefficient (Wildman–Crippen LogP) is 4.11. The molecule has 0 saturated heterocycles. The van der Waals surface area contributed by atoms with Crippen LogP contribution in [0.3, 0.4) is 0 Å². The number of furan rings is 1. The summed E-state index contributed by atoms with van der Waals surface area (Å²) in [6.45, 7) is 1.69. The maximum atomic E-state index is 11.4. The monoisotopic (exact) mass is 293 g/mol. The van der Waals surface area contributed by atoms with Gasteiger partial charge >= 0.3 is 5.97 Å². The Labute approximate surface area is 127 Å². The van der Waals surface area contributed by atoms with Gasteiger partial charge in [-0.15, -0.1) is 0 Å². The van der Waals surface area contributed by atoms with Crippen LogP contribution in [0, 0.1) is 6.92 Å². The molecule has 0 amide bonds. The van der Waals surface area contributed by atoms with Crippen molar-refractivity contribution in [2.45, 2.75) is 25.2 Å². The molecule has 1 aromatic carbocycles. The van der Waals surface area contributed by atoms with Crippen molar-refractivity contribution in [1.29, 1.82) is 0 Å². The van der Waals surface area contributed by atoms with Crippen molar-refractivity contribution < 1.29 is 14.3 Å². The summed E-state index contributed by atoms with van der Waals surface area (Å²) < 4.78 is 5.53. The Morgan fingerprint density at radius 2 is 2.14 bits per heavy atom. The van der Waals surface area contributed by atoms with Gasteiger partial charge in [-0.1, -0.05) is 12.1 Å². The van der Waals surface area contributed by atoms with Crippen LogP contribution in [0.4, 0.5) is 0 Å². The molecule has 1 N–H and O–H groups in total. The highest BCUT2D eigenvalue weighted by molar-refractivity contribution is 6.03. The summed E-state index contributed by atoms with van der Waals surface area (Å²) in [7, 11) is 0. The molecule has 1 aliphatic rings. The van der Waals surface area contributed by atoms with Gasteiger partial charge in [-0.05, 0) is 49.1 Å². The molecule has 0 bridgehead atoms. The van der Waals surface area contributed by atoms with Gasteiger partial charge in [0.25, 0.3) is 0 Å². The van der Waals surface area contributed by atoms with Gasteiger partial charge in [-0.25, -0.2) is 4.79 Å². The minimum atomic E-state index is -0.939. The van der Waals surface area contributed by atoms with E-state index in [2.05, 4.69) is 4.98 Å². The molecule has 2 heterocycles. The van der Waals surface area contributed by atoms with Crippen LogP contribution < -0.4 is 0 Å². The summed E-state index contributed by atoms with van der Waals surface area (Å²) in [4.78, 5) is 15.8. The van der Waals surface area contributed by atoms with Gasteiger partial charge in [0, 0.05) is 23.2 Å². The van der Waals surface area contributed by atoms with Crippen molar-refractivity contribution in [1.82, 2.24) is 4.98 Å². The minimum absolute atomic E-state index is 0.270. The van der Waals surface area contributed by atoms with E-state index >= 15 is 0 Å². The molecule has 110 valence electrons. The molecule has 0 radical (unpaired) electrons. The van der Waals surface area contributed by atoms with Crippen molar-refractivity contribution in [3.63, 3.8) is 0 Å². The van der Waals surface area contributed by atoms with Crippen LogP contribution >= 0.6 is 0 Å². The van der Waals surface area contributed by atoms with E-state index in [0.29, 0.717) is 28.6 Å². The Bertz CT molecular complexity index is 867. The number of pyridine rings is 1. The quantitative estimate of drug-likeness (QED) is 0.789. The molecule has 3 aromatic rings. The van der Waals surface area contributed by atoms with Crippen molar-refractivity contribution in [2.75, 3.05) is 0 Å². The highest BCUT2D eigenvalue weighted by Gasteiger charge is 2.40. The third-order valence-electron chi connectivity index (χ3n) is 4.39. The average molecular weight is 293 g/mol. The maximum absolute atomic E-state index is 11.4. The lowest BCUT2D eigenvalue weighted by atomic mass is 10.0. The molecule has 2 atom stereocenters. The van der Waals surface area contributed by atoms with Gasteiger partial charge in [-0.2, -0.15) is 0 Å².